The Morgan fingerprint density at radius 3 is 2.59 bits per heavy atom. The maximum atomic E-state index is 5.49. The van der Waals surface area contributed by atoms with Crippen LogP contribution in [0.1, 0.15) is 68.2 Å². The summed E-state index contributed by atoms with van der Waals surface area (Å²) in [6, 6.07) is 11.6. The van der Waals surface area contributed by atoms with Gasteiger partial charge in [0.25, 0.3) is 0 Å². The molecule has 1 aliphatic heterocycles. The minimum Gasteiger partial charge on any atom is -0.361 e. The van der Waals surface area contributed by atoms with Gasteiger partial charge in [-0.1, -0.05) is 50.2 Å². The van der Waals surface area contributed by atoms with Gasteiger partial charge in [-0.3, -0.25) is 4.90 Å². The van der Waals surface area contributed by atoms with Gasteiger partial charge < -0.3 is 4.52 Å². The summed E-state index contributed by atoms with van der Waals surface area (Å²) in [5, 5.41) is 4.32. The van der Waals surface area contributed by atoms with Crippen LogP contribution in [-0.4, -0.2) is 16.6 Å². The van der Waals surface area contributed by atoms with Crippen molar-refractivity contribution in [3.8, 4) is 0 Å². The standard InChI is InChI=1S/C19H26N2O/c1-4-15-7-9-16(10-8-15)13-21-11-5-6-18(21)17-12-19(14(2)3)22-20-17/h7-10,12,14,18H,4-6,11,13H2,1-3H3/t18-/m0/s1. The van der Waals surface area contributed by atoms with Gasteiger partial charge in [-0.25, -0.2) is 0 Å². The highest BCUT2D eigenvalue weighted by Crippen LogP contribution is 2.33. The van der Waals surface area contributed by atoms with Gasteiger partial charge in [0.2, 0.25) is 0 Å². The molecule has 1 aliphatic rings. The Hall–Kier alpha value is -1.61. The third-order valence-corrected chi connectivity index (χ3v) is 4.64. The molecule has 1 aromatic carbocycles. The molecular formula is C19H26N2O. The van der Waals surface area contributed by atoms with Gasteiger partial charge in [0.15, 0.2) is 0 Å². The minimum atomic E-state index is 0.401. The Morgan fingerprint density at radius 2 is 1.95 bits per heavy atom. The predicted octanol–water partition coefficient (Wildman–Crippen LogP) is 4.70. The van der Waals surface area contributed by atoms with E-state index in [1.54, 1.807) is 0 Å². The number of benzene rings is 1. The lowest BCUT2D eigenvalue weighted by Crippen LogP contribution is -2.23. The van der Waals surface area contributed by atoms with Gasteiger partial charge in [0.05, 0.1) is 6.04 Å². The molecule has 3 heteroatoms. The highest BCUT2D eigenvalue weighted by Gasteiger charge is 2.28. The van der Waals surface area contributed by atoms with E-state index in [0.717, 1.165) is 31.0 Å². The average molecular weight is 298 g/mol. The van der Waals surface area contributed by atoms with Crippen LogP contribution in [0.5, 0.6) is 0 Å². The first kappa shape index (κ1) is 15.3. The van der Waals surface area contributed by atoms with E-state index in [-0.39, 0.29) is 0 Å². The zero-order valence-corrected chi connectivity index (χ0v) is 13.9. The highest BCUT2D eigenvalue weighted by molar-refractivity contribution is 5.23. The molecule has 0 saturated carbocycles. The number of nitrogens with zero attached hydrogens (tertiary/aromatic N) is 2. The quantitative estimate of drug-likeness (QED) is 0.801. The van der Waals surface area contributed by atoms with Gasteiger partial charge in [0.1, 0.15) is 11.5 Å². The second kappa shape index (κ2) is 6.66. The summed E-state index contributed by atoms with van der Waals surface area (Å²) in [4.78, 5) is 2.53. The predicted molar refractivity (Wildman–Crippen MR) is 88.8 cm³/mol. The van der Waals surface area contributed by atoms with Crippen molar-refractivity contribution in [3.05, 3.63) is 52.9 Å². The van der Waals surface area contributed by atoms with Gasteiger partial charge in [-0.15, -0.1) is 0 Å². The lowest BCUT2D eigenvalue weighted by atomic mass is 10.1. The first-order chi connectivity index (χ1) is 10.7. The summed E-state index contributed by atoms with van der Waals surface area (Å²) >= 11 is 0. The maximum absolute atomic E-state index is 5.49. The van der Waals surface area contributed by atoms with Crippen molar-refractivity contribution in [1.82, 2.24) is 10.1 Å². The van der Waals surface area contributed by atoms with Crippen LogP contribution in [0.3, 0.4) is 0 Å². The topological polar surface area (TPSA) is 29.3 Å². The molecule has 2 aromatic rings. The van der Waals surface area contributed by atoms with E-state index >= 15 is 0 Å². The van der Waals surface area contributed by atoms with Gasteiger partial charge in [0, 0.05) is 18.5 Å². The summed E-state index contributed by atoms with van der Waals surface area (Å²) in [6.07, 6.45) is 3.52. The van der Waals surface area contributed by atoms with E-state index in [1.165, 1.54) is 24.0 Å². The van der Waals surface area contributed by atoms with E-state index in [1.807, 2.05) is 0 Å². The molecule has 3 rings (SSSR count). The van der Waals surface area contributed by atoms with Crippen molar-refractivity contribution < 1.29 is 4.52 Å². The maximum Gasteiger partial charge on any atom is 0.139 e. The Morgan fingerprint density at radius 1 is 1.23 bits per heavy atom. The third kappa shape index (κ3) is 3.25. The number of aromatic nitrogens is 1. The zero-order valence-electron chi connectivity index (χ0n) is 13.9. The molecule has 0 unspecified atom stereocenters. The molecule has 0 aliphatic carbocycles. The molecule has 118 valence electrons. The molecular weight excluding hydrogens is 272 g/mol. The summed E-state index contributed by atoms with van der Waals surface area (Å²) in [6.45, 7) is 8.63. The van der Waals surface area contributed by atoms with Crippen LogP contribution in [0.15, 0.2) is 34.9 Å². The number of rotatable bonds is 5. The monoisotopic (exact) mass is 298 g/mol. The molecule has 2 heterocycles. The average Bonchev–Trinajstić information content (AvgIpc) is 3.16. The molecule has 0 N–H and O–H groups in total. The molecule has 0 spiro atoms. The first-order valence-electron chi connectivity index (χ1n) is 8.45. The van der Waals surface area contributed by atoms with Crippen LogP contribution >= 0.6 is 0 Å². The van der Waals surface area contributed by atoms with E-state index in [2.05, 4.69) is 61.2 Å². The number of hydrogen-bond donors (Lipinski definition) is 0. The molecule has 0 radical (unpaired) electrons. The van der Waals surface area contributed by atoms with E-state index in [0.29, 0.717) is 12.0 Å². The summed E-state index contributed by atoms with van der Waals surface area (Å²) in [5.74, 6) is 1.40. The van der Waals surface area contributed by atoms with Gasteiger partial charge >= 0.3 is 0 Å². The molecule has 1 atom stereocenters. The van der Waals surface area contributed by atoms with Crippen LogP contribution in [-0.2, 0) is 13.0 Å². The van der Waals surface area contributed by atoms with Crippen LogP contribution in [0.2, 0.25) is 0 Å². The summed E-state index contributed by atoms with van der Waals surface area (Å²) < 4.78 is 5.49. The Kier molecular flexibility index (Phi) is 4.63. The second-order valence-electron chi connectivity index (χ2n) is 6.61. The summed E-state index contributed by atoms with van der Waals surface area (Å²) in [7, 11) is 0. The lowest BCUT2D eigenvalue weighted by molar-refractivity contribution is 0.236. The van der Waals surface area contributed by atoms with Gasteiger partial charge in [-0.2, -0.15) is 0 Å². The van der Waals surface area contributed by atoms with Gasteiger partial charge in [-0.05, 0) is 36.9 Å². The molecule has 0 bridgehead atoms. The first-order valence-corrected chi connectivity index (χ1v) is 8.45. The van der Waals surface area contributed by atoms with Crippen molar-refractivity contribution in [2.45, 2.75) is 58.5 Å². The fourth-order valence-electron chi connectivity index (χ4n) is 3.20. The zero-order chi connectivity index (χ0) is 15.5. The largest absolute Gasteiger partial charge is 0.361 e. The van der Waals surface area contributed by atoms with Crippen LogP contribution < -0.4 is 0 Å². The molecule has 0 amide bonds. The number of hydrogen-bond acceptors (Lipinski definition) is 3. The van der Waals surface area contributed by atoms with Crippen LogP contribution in [0, 0.1) is 0 Å². The van der Waals surface area contributed by atoms with Crippen LogP contribution in [0.25, 0.3) is 0 Å². The smallest absolute Gasteiger partial charge is 0.139 e. The number of likely N-dealkylation sites (tertiary alicyclic amines) is 1. The van der Waals surface area contributed by atoms with E-state index in [4.69, 9.17) is 4.52 Å². The van der Waals surface area contributed by atoms with Crippen molar-refractivity contribution in [1.29, 1.82) is 0 Å². The minimum absolute atomic E-state index is 0.401. The Labute approximate surface area is 133 Å². The molecule has 22 heavy (non-hydrogen) atoms. The van der Waals surface area contributed by atoms with E-state index in [9.17, 15) is 0 Å². The Balaban J connectivity index is 1.71. The third-order valence-electron chi connectivity index (χ3n) is 4.64. The van der Waals surface area contributed by atoms with Crippen molar-refractivity contribution in [2.75, 3.05) is 6.54 Å². The lowest BCUT2D eigenvalue weighted by Gasteiger charge is -2.22. The summed E-state index contributed by atoms with van der Waals surface area (Å²) in [5.41, 5.74) is 3.89. The highest BCUT2D eigenvalue weighted by atomic mass is 16.5. The van der Waals surface area contributed by atoms with Crippen LogP contribution in [0.4, 0.5) is 0 Å². The molecule has 3 nitrogen and oxygen atoms in total. The normalized spacial score (nSPS) is 19.2. The van der Waals surface area contributed by atoms with Crippen molar-refractivity contribution in [3.63, 3.8) is 0 Å². The fraction of sp³-hybridized carbons (Fsp3) is 0.526. The molecule has 1 saturated heterocycles. The Bertz CT molecular complexity index is 600. The number of aryl methyl sites for hydroxylation is 1. The molecule has 1 fully saturated rings. The van der Waals surface area contributed by atoms with Crippen molar-refractivity contribution in [2.24, 2.45) is 0 Å². The molecule has 1 aromatic heterocycles. The van der Waals surface area contributed by atoms with E-state index < -0.39 is 0 Å². The fourth-order valence-corrected chi connectivity index (χ4v) is 3.20. The van der Waals surface area contributed by atoms with Crippen molar-refractivity contribution >= 4 is 0 Å². The SMILES string of the molecule is CCc1ccc(CN2CCC[C@H]2c2cc(C(C)C)on2)cc1. The second-order valence-corrected chi connectivity index (χ2v) is 6.61.